The molecule has 10 heavy (non-hydrogen) atoms. The smallest absolute Gasteiger partial charge is 0.108 e. The summed E-state index contributed by atoms with van der Waals surface area (Å²) >= 11 is 0. The van der Waals surface area contributed by atoms with Gasteiger partial charge in [-0.05, 0) is 12.1 Å². The molecule has 1 heterocycles. The van der Waals surface area contributed by atoms with Crippen molar-refractivity contribution in [2.24, 2.45) is 0 Å². The highest BCUT2D eigenvalue weighted by Gasteiger charge is 1.90. The van der Waals surface area contributed by atoms with E-state index in [9.17, 15) is 0 Å². The average molecular weight is 153 g/mol. The maximum absolute atomic E-state index is 4.97. The number of aromatic nitrogens is 1. The fourth-order valence-electron chi connectivity index (χ4n) is 0.753. The summed E-state index contributed by atoms with van der Waals surface area (Å²) in [6.45, 7) is 0. The van der Waals surface area contributed by atoms with Gasteiger partial charge in [-0.25, -0.2) is 0 Å². The number of nitrogens with zero attached hydrogens (tertiary/aromatic N) is 1. The Morgan fingerprint density at radius 2 is 2.50 bits per heavy atom. The highest BCUT2D eigenvalue weighted by Crippen LogP contribution is 1.75. The van der Waals surface area contributed by atoms with Crippen LogP contribution in [0.4, 0.5) is 0 Å². The third-order valence-corrected chi connectivity index (χ3v) is 2.83. The maximum atomic E-state index is 4.97. The van der Waals surface area contributed by atoms with Gasteiger partial charge in [0.1, 0.15) is 9.52 Å². The van der Waals surface area contributed by atoms with Crippen molar-refractivity contribution in [1.29, 1.82) is 0 Å². The van der Waals surface area contributed by atoms with Crippen LogP contribution in [0.15, 0.2) is 24.4 Å². The summed E-state index contributed by atoms with van der Waals surface area (Å²) in [4.78, 5) is 4.20. The number of hydrogen-bond donors (Lipinski definition) is 0. The van der Waals surface area contributed by atoms with Gasteiger partial charge >= 0.3 is 0 Å². The average Bonchev–Trinajstić information content (AvgIpc) is 2.03. The first-order valence-corrected chi connectivity index (χ1v) is 5.03. The van der Waals surface area contributed by atoms with E-state index in [2.05, 4.69) is 11.1 Å². The molecule has 0 unspecified atom stereocenters. The van der Waals surface area contributed by atoms with Crippen LogP contribution in [-0.2, 0) is 4.74 Å². The van der Waals surface area contributed by atoms with Gasteiger partial charge in [0.15, 0.2) is 0 Å². The molecule has 0 amide bonds. The summed E-state index contributed by atoms with van der Waals surface area (Å²) in [5, 5.41) is 1.23. The van der Waals surface area contributed by atoms with Gasteiger partial charge in [0, 0.05) is 24.9 Å². The van der Waals surface area contributed by atoms with Crippen molar-refractivity contribution >= 4 is 14.8 Å². The van der Waals surface area contributed by atoms with Gasteiger partial charge in [-0.2, -0.15) is 0 Å². The summed E-state index contributed by atoms with van der Waals surface area (Å²) in [5.41, 5.74) is 0. The Bertz CT molecular complexity index is 178. The summed E-state index contributed by atoms with van der Waals surface area (Å²) in [6.07, 6.45) is 2.72. The van der Waals surface area contributed by atoms with Gasteiger partial charge in [0.25, 0.3) is 0 Å². The zero-order chi connectivity index (χ0) is 7.23. The maximum Gasteiger partial charge on any atom is 0.108 e. The second-order valence-corrected chi connectivity index (χ2v) is 3.70. The van der Waals surface area contributed by atoms with Crippen LogP contribution in [0.1, 0.15) is 0 Å². The molecule has 0 fully saturated rings. The van der Waals surface area contributed by atoms with E-state index < -0.39 is 0 Å². The van der Waals surface area contributed by atoms with Crippen LogP contribution in [0, 0.1) is 0 Å². The van der Waals surface area contributed by atoms with E-state index in [-0.39, 0.29) is 9.52 Å². The normalized spacial score (nSPS) is 10.9. The van der Waals surface area contributed by atoms with Crippen LogP contribution in [0.3, 0.4) is 0 Å². The minimum Gasteiger partial charge on any atom is -0.388 e. The summed E-state index contributed by atoms with van der Waals surface area (Å²) in [5.74, 6) is 0. The molecule has 0 aliphatic heterocycles. The van der Waals surface area contributed by atoms with E-state index in [1.807, 2.05) is 18.3 Å². The summed E-state index contributed by atoms with van der Waals surface area (Å²) in [7, 11) is 1.49. The standard InChI is InChI=1S/C7H11NOSi/c1-9-6-10-7-4-2-3-5-8-7/h2-5H,6,10H2,1H3. The first-order chi connectivity index (χ1) is 4.93. The van der Waals surface area contributed by atoms with Crippen molar-refractivity contribution in [3.05, 3.63) is 24.4 Å². The molecule has 0 atom stereocenters. The van der Waals surface area contributed by atoms with Gasteiger partial charge in [0.05, 0.1) is 0 Å². The molecule has 0 aliphatic carbocycles. The van der Waals surface area contributed by atoms with Crippen molar-refractivity contribution in [2.75, 3.05) is 13.3 Å². The van der Waals surface area contributed by atoms with Crippen molar-refractivity contribution in [2.45, 2.75) is 0 Å². The second kappa shape index (κ2) is 4.19. The fourth-order valence-corrected chi connectivity index (χ4v) is 1.70. The molecule has 0 radical (unpaired) electrons. The molecular formula is C7H11NOSi. The Hall–Kier alpha value is -0.673. The van der Waals surface area contributed by atoms with E-state index in [1.165, 1.54) is 5.32 Å². The molecule has 1 aromatic heterocycles. The van der Waals surface area contributed by atoms with E-state index in [1.54, 1.807) is 7.11 Å². The second-order valence-electron chi connectivity index (χ2n) is 2.06. The number of pyridine rings is 1. The highest BCUT2D eigenvalue weighted by molar-refractivity contribution is 6.52. The van der Waals surface area contributed by atoms with E-state index in [4.69, 9.17) is 4.74 Å². The lowest BCUT2D eigenvalue weighted by Gasteiger charge is -1.95. The van der Waals surface area contributed by atoms with E-state index >= 15 is 0 Å². The molecule has 0 bridgehead atoms. The monoisotopic (exact) mass is 153 g/mol. The molecule has 3 heteroatoms. The largest absolute Gasteiger partial charge is 0.388 e. The van der Waals surface area contributed by atoms with E-state index in [0.29, 0.717) is 0 Å². The lowest BCUT2D eigenvalue weighted by molar-refractivity contribution is 0.252. The molecule has 0 saturated carbocycles. The predicted molar refractivity (Wildman–Crippen MR) is 44.3 cm³/mol. The van der Waals surface area contributed by atoms with Crippen molar-refractivity contribution in [3.63, 3.8) is 0 Å². The van der Waals surface area contributed by atoms with Crippen molar-refractivity contribution in [1.82, 2.24) is 4.98 Å². The quantitative estimate of drug-likeness (QED) is 0.545. The van der Waals surface area contributed by atoms with Crippen LogP contribution in [0.2, 0.25) is 0 Å². The molecule has 1 aromatic rings. The van der Waals surface area contributed by atoms with Gasteiger partial charge in [0.2, 0.25) is 0 Å². The Morgan fingerprint density at radius 1 is 1.60 bits per heavy atom. The number of ether oxygens (including phenoxy) is 1. The zero-order valence-corrected chi connectivity index (χ0v) is 7.49. The SMILES string of the molecule is COC[SiH2]c1ccccn1. The first kappa shape index (κ1) is 7.43. The fraction of sp³-hybridized carbons (Fsp3) is 0.286. The third kappa shape index (κ3) is 2.29. The molecule has 0 N–H and O–H groups in total. The first-order valence-electron chi connectivity index (χ1n) is 3.32. The van der Waals surface area contributed by atoms with Crippen molar-refractivity contribution in [3.8, 4) is 0 Å². The van der Waals surface area contributed by atoms with Crippen molar-refractivity contribution < 1.29 is 4.74 Å². The lowest BCUT2D eigenvalue weighted by atomic mass is 10.5. The summed E-state index contributed by atoms with van der Waals surface area (Å²) in [6, 6.07) is 6.01. The lowest BCUT2D eigenvalue weighted by Crippen LogP contribution is -2.21. The van der Waals surface area contributed by atoms with Gasteiger partial charge < -0.3 is 4.74 Å². The molecule has 0 spiro atoms. The predicted octanol–water partition coefficient (Wildman–Crippen LogP) is -0.520. The minimum atomic E-state index is -0.245. The molecular weight excluding hydrogens is 142 g/mol. The van der Waals surface area contributed by atoms with Crippen LogP contribution in [0.25, 0.3) is 0 Å². The number of rotatable bonds is 3. The van der Waals surface area contributed by atoms with Crippen LogP contribution >= 0.6 is 0 Å². The topological polar surface area (TPSA) is 22.1 Å². The molecule has 1 rings (SSSR count). The Morgan fingerprint density at radius 3 is 3.10 bits per heavy atom. The highest BCUT2D eigenvalue weighted by atomic mass is 28.2. The van der Waals surface area contributed by atoms with Gasteiger partial charge in [-0.1, -0.05) is 6.07 Å². The third-order valence-electron chi connectivity index (χ3n) is 1.29. The molecule has 0 aromatic carbocycles. The molecule has 2 nitrogen and oxygen atoms in total. The molecule has 0 saturated heterocycles. The summed E-state index contributed by atoms with van der Waals surface area (Å²) < 4.78 is 4.97. The van der Waals surface area contributed by atoms with E-state index in [0.717, 1.165) is 6.23 Å². The molecule has 54 valence electrons. The van der Waals surface area contributed by atoms with Gasteiger partial charge in [-0.3, -0.25) is 4.98 Å². The van der Waals surface area contributed by atoms with Crippen LogP contribution < -0.4 is 5.32 Å². The van der Waals surface area contributed by atoms with Gasteiger partial charge in [-0.15, -0.1) is 0 Å². The van der Waals surface area contributed by atoms with Crippen LogP contribution in [0.5, 0.6) is 0 Å². The zero-order valence-electron chi connectivity index (χ0n) is 6.08. The van der Waals surface area contributed by atoms with Crippen LogP contribution in [-0.4, -0.2) is 27.8 Å². The number of methoxy groups -OCH3 is 1. The molecule has 0 aliphatic rings. The Labute approximate surface area is 63.1 Å². The Balaban J connectivity index is 2.43. The number of hydrogen-bond acceptors (Lipinski definition) is 2. The Kier molecular flexibility index (Phi) is 3.12. The minimum absolute atomic E-state index is 0.245.